The van der Waals surface area contributed by atoms with Gasteiger partial charge in [0.05, 0.1) is 16.7 Å². The summed E-state index contributed by atoms with van der Waals surface area (Å²) in [7, 11) is 0. The summed E-state index contributed by atoms with van der Waals surface area (Å²) in [5.41, 5.74) is 1.87. The SMILES string of the molecule is O=C(c1ccc2nc(C(F)F)[nH]c2c1)N1CCN(Cc2cc(=O)n3ccsc3n2)CC1. The summed E-state index contributed by atoms with van der Waals surface area (Å²) in [4.78, 5) is 40.5. The van der Waals surface area contributed by atoms with E-state index in [0.717, 1.165) is 0 Å². The number of carbonyl (C=O) groups excluding carboxylic acids is 1. The maximum atomic E-state index is 12.9. The first-order valence-electron chi connectivity index (χ1n) is 9.73. The van der Waals surface area contributed by atoms with Crippen molar-refractivity contribution < 1.29 is 13.6 Å². The molecule has 0 radical (unpaired) electrons. The maximum absolute atomic E-state index is 12.9. The zero-order chi connectivity index (χ0) is 21.5. The van der Waals surface area contributed by atoms with Gasteiger partial charge in [-0.05, 0) is 18.2 Å². The molecule has 0 unspecified atom stereocenters. The third kappa shape index (κ3) is 3.81. The van der Waals surface area contributed by atoms with Gasteiger partial charge >= 0.3 is 0 Å². The third-order valence-corrected chi connectivity index (χ3v) is 6.11. The molecule has 1 fully saturated rings. The summed E-state index contributed by atoms with van der Waals surface area (Å²) in [6.45, 7) is 2.91. The number of fused-ring (bicyclic) bond motifs is 2. The molecule has 1 saturated heterocycles. The van der Waals surface area contributed by atoms with E-state index in [-0.39, 0.29) is 11.5 Å². The van der Waals surface area contributed by atoms with Gasteiger partial charge in [0, 0.05) is 55.9 Å². The number of nitrogens with zero attached hydrogens (tertiary/aromatic N) is 5. The molecule has 31 heavy (non-hydrogen) atoms. The number of imidazole rings is 1. The number of alkyl halides is 2. The molecule has 1 aliphatic rings. The number of benzene rings is 1. The predicted molar refractivity (Wildman–Crippen MR) is 112 cm³/mol. The first-order valence-corrected chi connectivity index (χ1v) is 10.6. The van der Waals surface area contributed by atoms with Crippen LogP contribution in [0.5, 0.6) is 0 Å². The highest BCUT2D eigenvalue weighted by atomic mass is 32.1. The molecule has 4 aromatic rings. The van der Waals surface area contributed by atoms with E-state index < -0.39 is 12.2 Å². The first-order chi connectivity index (χ1) is 15.0. The van der Waals surface area contributed by atoms with Gasteiger partial charge < -0.3 is 9.88 Å². The second kappa shape index (κ2) is 7.82. The Morgan fingerprint density at radius 3 is 2.74 bits per heavy atom. The minimum Gasteiger partial charge on any atom is -0.337 e. The van der Waals surface area contributed by atoms with E-state index >= 15 is 0 Å². The van der Waals surface area contributed by atoms with Crippen LogP contribution in [0.15, 0.2) is 40.6 Å². The number of hydrogen-bond donors (Lipinski definition) is 1. The Balaban J connectivity index is 1.25. The van der Waals surface area contributed by atoms with E-state index in [1.54, 1.807) is 35.4 Å². The molecule has 0 aliphatic carbocycles. The van der Waals surface area contributed by atoms with Crippen molar-refractivity contribution in [2.45, 2.75) is 13.0 Å². The molecule has 1 N–H and O–H groups in total. The lowest BCUT2D eigenvalue weighted by Crippen LogP contribution is -2.48. The van der Waals surface area contributed by atoms with Crippen molar-refractivity contribution in [2.24, 2.45) is 0 Å². The lowest BCUT2D eigenvalue weighted by molar-refractivity contribution is 0.0627. The zero-order valence-electron chi connectivity index (χ0n) is 16.3. The lowest BCUT2D eigenvalue weighted by Gasteiger charge is -2.34. The fourth-order valence-electron chi connectivity index (χ4n) is 3.76. The summed E-state index contributed by atoms with van der Waals surface area (Å²) in [6, 6.07) is 6.30. The summed E-state index contributed by atoms with van der Waals surface area (Å²) >= 11 is 1.42. The fourth-order valence-corrected chi connectivity index (χ4v) is 4.49. The molecule has 5 rings (SSSR count). The van der Waals surface area contributed by atoms with Gasteiger partial charge in [0.2, 0.25) is 0 Å². The number of H-pyrrole nitrogens is 1. The average Bonchev–Trinajstić information content (AvgIpc) is 3.40. The van der Waals surface area contributed by atoms with Crippen molar-refractivity contribution in [3.05, 3.63) is 63.3 Å². The first kappa shape index (κ1) is 19.8. The van der Waals surface area contributed by atoms with Crippen LogP contribution in [0.2, 0.25) is 0 Å². The second-order valence-corrected chi connectivity index (χ2v) is 8.24. The Morgan fingerprint density at radius 1 is 1.16 bits per heavy atom. The van der Waals surface area contributed by atoms with Gasteiger partial charge in [0.25, 0.3) is 17.9 Å². The quantitative estimate of drug-likeness (QED) is 0.523. The van der Waals surface area contributed by atoms with Crippen LogP contribution in [-0.4, -0.2) is 61.2 Å². The number of halogens is 2. The normalized spacial score (nSPS) is 15.4. The molecular formula is C20H18F2N6O2S. The second-order valence-electron chi connectivity index (χ2n) is 7.36. The van der Waals surface area contributed by atoms with Crippen molar-refractivity contribution in [1.82, 2.24) is 29.2 Å². The Morgan fingerprint density at radius 2 is 1.97 bits per heavy atom. The van der Waals surface area contributed by atoms with Crippen molar-refractivity contribution in [2.75, 3.05) is 26.2 Å². The van der Waals surface area contributed by atoms with Gasteiger partial charge in [-0.1, -0.05) is 0 Å². The van der Waals surface area contributed by atoms with Gasteiger partial charge in [-0.15, -0.1) is 11.3 Å². The van der Waals surface area contributed by atoms with E-state index in [1.165, 1.54) is 15.7 Å². The third-order valence-electron chi connectivity index (χ3n) is 5.36. The van der Waals surface area contributed by atoms with Crippen molar-refractivity contribution in [3.63, 3.8) is 0 Å². The number of aromatic amines is 1. The van der Waals surface area contributed by atoms with Crippen molar-refractivity contribution in [3.8, 4) is 0 Å². The van der Waals surface area contributed by atoms with Crippen molar-refractivity contribution >= 4 is 33.2 Å². The highest BCUT2D eigenvalue weighted by molar-refractivity contribution is 7.15. The van der Waals surface area contributed by atoms with Gasteiger partial charge in [0.15, 0.2) is 10.8 Å². The van der Waals surface area contributed by atoms with Gasteiger partial charge in [0.1, 0.15) is 0 Å². The number of nitrogens with one attached hydrogen (secondary N) is 1. The van der Waals surface area contributed by atoms with Crippen LogP contribution in [0.3, 0.4) is 0 Å². The number of carbonyl (C=O) groups is 1. The Hall–Kier alpha value is -3.18. The molecule has 1 amide bonds. The van der Waals surface area contributed by atoms with Gasteiger partial charge in [-0.2, -0.15) is 0 Å². The minimum atomic E-state index is -2.69. The molecule has 4 heterocycles. The number of piperazine rings is 1. The standard InChI is InChI=1S/C20H18F2N6O2S/c21-17(22)18-24-14-2-1-12(9-15(14)25-18)19(30)27-5-3-26(4-6-27)11-13-10-16(29)28-7-8-31-20(28)23-13/h1-2,7-10,17H,3-6,11H2,(H,24,25). The van der Waals surface area contributed by atoms with Crippen LogP contribution in [0.1, 0.15) is 28.3 Å². The molecule has 11 heteroatoms. The fraction of sp³-hybridized carbons (Fsp3) is 0.300. The molecule has 0 spiro atoms. The molecule has 0 atom stereocenters. The van der Waals surface area contributed by atoms with Crippen LogP contribution < -0.4 is 5.56 Å². The van der Waals surface area contributed by atoms with Crippen LogP contribution >= 0.6 is 11.3 Å². The minimum absolute atomic E-state index is 0.0979. The number of rotatable bonds is 4. The monoisotopic (exact) mass is 444 g/mol. The average molecular weight is 444 g/mol. The number of hydrogen-bond acceptors (Lipinski definition) is 6. The Labute approximate surface area is 178 Å². The summed E-state index contributed by atoms with van der Waals surface area (Å²) in [5, 5.41) is 1.83. The predicted octanol–water partition coefficient (Wildman–Crippen LogP) is 2.53. The molecule has 0 bridgehead atoms. The van der Waals surface area contributed by atoms with Crippen molar-refractivity contribution in [1.29, 1.82) is 0 Å². The zero-order valence-corrected chi connectivity index (χ0v) is 17.1. The van der Waals surface area contributed by atoms with E-state index in [0.29, 0.717) is 60.0 Å². The molecular weight excluding hydrogens is 426 g/mol. The van der Waals surface area contributed by atoms with E-state index in [1.807, 2.05) is 5.38 Å². The molecule has 160 valence electrons. The molecule has 3 aromatic heterocycles. The van der Waals surface area contributed by atoms with E-state index in [4.69, 9.17) is 0 Å². The number of aromatic nitrogens is 4. The van der Waals surface area contributed by atoms with Crippen LogP contribution in [-0.2, 0) is 6.54 Å². The summed E-state index contributed by atoms with van der Waals surface area (Å²) in [6.07, 6.45) is -0.982. The van der Waals surface area contributed by atoms with E-state index in [9.17, 15) is 18.4 Å². The highest BCUT2D eigenvalue weighted by Crippen LogP contribution is 2.21. The topological polar surface area (TPSA) is 86.6 Å². The highest BCUT2D eigenvalue weighted by Gasteiger charge is 2.23. The van der Waals surface area contributed by atoms with Gasteiger partial charge in [-0.25, -0.2) is 18.7 Å². The number of amides is 1. The summed E-state index contributed by atoms with van der Waals surface area (Å²) < 4.78 is 27.2. The Kier molecular flexibility index (Phi) is 4.98. The largest absolute Gasteiger partial charge is 0.337 e. The maximum Gasteiger partial charge on any atom is 0.295 e. The van der Waals surface area contributed by atoms with Crippen LogP contribution in [0.25, 0.3) is 16.0 Å². The lowest BCUT2D eigenvalue weighted by atomic mass is 10.1. The van der Waals surface area contributed by atoms with Crippen LogP contribution in [0.4, 0.5) is 8.78 Å². The van der Waals surface area contributed by atoms with Crippen LogP contribution in [0, 0.1) is 0 Å². The molecule has 1 aromatic carbocycles. The molecule has 1 aliphatic heterocycles. The smallest absolute Gasteiger partial charge is 0.295 e. The molecule has 0 saturated carbocycles. The van der Waals surface area contributed by atoms with Gasteiger partial charge in [-0.3, -0.25) is 18.9 Å². The molecule has 8 nitrogen and oxygen atoms in total. The summed E-state index contributed by atoms with van der Waals surface area (Å²) in [5.74, 6) is -0.548. The Bertz CT molecular complexity index is 1320. The number of thiazole rings is 1. The van der Waals surface area contributed by atoms with E-state index in [2.05, 4.69) is 19.9 Å².